The van der Waals surface area contributed by atoms with Crippen molar-refractivity contribution >= 4 is 16.4 Å². The highest BCUT2D eigenvalue weighted by atomic mass is 19.1. The van der Waals surface area contributed by atoms with Crippen molar-refractivity contribution in [3.05, 3.63) is 64.3 Å². The molecule has 23 heavy (non-hydrogen) atoms. The smallest absolute Gasteiger partial charge is 0.344 e. The van der Waals surface area contributed by atoms with E-state index in [4.69, 9.17) is 4.42 Å². The van der Waals surface area contributed by atoms with Crippen LogP contribution in [0.2, 0.25) is 0 Å². The highest BCUT2D eigenvalue weighted by molar-refractivity contribution is 5.83. The normalized spacial score (nSPS) is 11.4. The molecule has 0 N–H and O–H groups in total. The summed E-state index contributed by atoms with van der Waals surface area (Å²) in [5.74, 6) is -0.127. The van der Waals surface area contributed by atoms with Gasteiger partial charge in [0.2, 0.25) is 0 Å². The fourth-order valence-corrected chi connectivity index (χ4v) is 2.71. The van der Waals surface area contributed by atoms with Gasteiger partial charge in [0.05, 0.1) is 16.8 Å². The summed E-state index contributed by atoms with van der Waals surface area (Å²) in [5.41, 5.74) is 2.31. The molecule has 0 amide bonds. The second kappa shape index (κ2) is 4.74. The van der Waals surface area contributed by atoms with Gasteiger partial charge < -0.3 is 8.82 Å². The van der Waals surface area contributed by atoms with Crippen LogP contribution in [0.15, 0.2) is 45.9 Å². The molecule has 0 unspecified atom stereocenters. The molecule has 3 heterocycles. The first-order chi connectivity index (χ1) is 11.0. The third-order valence-corrected chi connectivity index (χ3v) is 3.70. The molecule has 0 aliphatic heterocycles. The van der Waals surface area contributed by atoms with E-state index in [0.29, 0.717) is 22.5 Å². The summed E-state index contributed by atoms with van der Waals surface area (Å²) in [6.45, 7) is 3.77. The molecule has 4 aromatic rings. The van der Waals surface area contributed by atoms with Crippen LogP contribution in [0.4, 0.5) is 4.39 Å². The molecule has 4 rings (SSSR count). The molecule has 0 aliphatic rings. The summed E-state index contributed by atoms with van der Waals surface area (Å²) in [5, 5.41) is 0.826. The van der Waals surface area contributed by atoms with Gasteiger partial charge in [0, 0.05) is 12.4 Å². The van der Waals surface area contributed by atoms with Crippen LogP contribution in [0.1, 0.15) is 11.4 Å². The predicted molar refractivity (Wildman–Crippen MR) is 83.9 cm³/mol. The van der Waals surface area contributed by atoms with Crippen molar-refractivity contribution in [2.75, 3.05) is 0 Å². The zero-order chi connectivity index (χ0) is 16.1. The number of halogens is 1. The van der Waals surface area contributed by atoms with E-state index in [9.17, 15) is 9.18 Å². The molecule has 0 bridgehead atoms. The zero-order valence-corrected chi connectivity index (χ0v) is 12.5. The van der Waals surface area contributed by atoms with Crippen LogP contribution in [-0.2, 0) is 0 Å². The van der Waals surface area contributed by atoms with Crippen molar-refractivity contribution in [2.24, 2.45) is 0 Å². The number of aromatic nitrogens is 3. The second-order valence-corrected chi connectivity index (χ2v) is 5.45. The maximum atomic E-state index is 13.3. The Kier molecular flexibility index (Phi) is 2.81. The largest absolute Gasteiger partial charge is 0.421 e. The molecular formula is C17H12FN3O2. The molecule has 0 saturated carbocycles. The molecule has 3 aromatic heterocycles. The SMILES string of the molecule is Cc1cn2cc(-c3cc4ccc(F)cc4c(=O)o3)nc2c(C)n1. The molecule has 0 fully saturated rings. The molecule has 6 heteroatoms. The molecule has 114 valence electrons. The van der Waals surface area contributed by atoms with E-state index >= 15 is 0 Å². The highest BCUT2D eigenvalue weighted by Gasteiger charge is 2.12. The lowest BCUT2D eigenvalue weighted by Crippen LogP contribution is -2.00. The number of benzene rings is 1. The molecular weight excluding hydrogens is 297 g/mol. The van der Waals surface area contributed by atoms with Gasteiger partial charge in [-0.1, -0.05) is 6.07 Å². The molecule has 0 spiro atoms. The van der Waals surface area contributed by atoms with Gasteiger partial charge in [0.15, 0.2) is 11.4 Å². The fourth-order valence-electron chi connectivity index (χ4n) is 2.71. The van der Waals surface area contributed by atoms with Crippen LogP contribution in [0.25, 0.3) is 27.9 Å². The van der Waals surface area contributed by atoms with Gasteiger partial charge in [0.25, 0.3) is 0 Å². The minimum absolute atomic E-state index is 0.214. The van der Waals surface area contributed by atoms with E-state index in [-0.39, 0.29) is 5.39 Å². The van der Waals surface area contributed by atoms with Gasteiger partial charge >= 0.3 is 5.63 Å². The highest BCUT2D eigenvalue weighted by Crippen LogP contribution is 2.23. The summed E-state index contributed by atoms with van der Waals surface area (Å²) >= 11 is 0. The fraction of sp³-hybridized carbons (Fsp3) is 0.118. The van der Waals surface area contributed by atoms with Crippen molar-refractivity contribution in [3.8, 4) is 11.5 Å². The number of aryl methyl sites for hydroxylation is 2. The summed E-state index contributed by atoms with van der Waals surface area (Å²) in [6, 6.07) is 5.73. The van der Waals surface area contributed by atoms with E-state index in [1.54, 1.807) is 18.3 Å². The van der Waals surface area contributed by atoms with Gasteiger partial charge in [-0.05, 0) is 37.4 Å². The third kappa shape index (κ3) is 2.19. The summed E-state index contributed by atoms with van der Waals surface area (Å²) in [6.07, 6.45) is 3.64. The predicted octanol–water partition coefficient (Wildman–Crippen LogP) is 3.26. The van der Waals surface area contributed by atoms with E-state index in [0.717, 1.165) is 11.4 Å². The van der Waals surface area contributed by atoms with Gasteiger partial charge in [-0.2, -0.15) is 0 Å². The van der Waals surface area contributed by atoms with Crippen LogP contribution in [0, 0.1) is 19.7 Å². The van der Waals surface area contributed by atoms with Crippen molar-refractivity contribution in [1.29, 1.82) is 0 Å². The summed E-state index contributed by atoms with van der Waals surface area (Å²) in [4.78, 5) is 20.9. The molecule has 0 atom stereocenters. The Hall–Kier alpha value is -3.02. The van der Waals surface area contributed by atoms with E-state index in [2.05, 4.69) is 9.97 Å². The van der Waals surface area contributed by atoms with Crippen LogP contribution in [0.5, 0.6) is 0 Å². The van der Waals surface area contributed by atoms with Crippen LogP contribution >= 0.6 is 0 Å². The van der Waals surface area contributed by atoms with Gasteiger partial charge in [-0.3, -0.25) is 4.98 Å². The average Bonchev–Trinajstić information content (AvgIpc) is 2.92. The van der Waals surface area contributed by atoms with Crippen molar-refractivity contribution < 1.29 is 8.81 Å². The first-order valence-corrected chi connectivity index (χ1v) is 7.08. The Labute approximate surface area is 130 Å². The molecule has 0 saturated heterocycles. The third-order valence-electron chi connectivity index (χ3n) is 3.70. The quantitative estimate of drug-likeness (QED) is 0.541. The number of nitrogens with zero attached hydrogens (tertiary/aromatic N) is 3. The Morgan fingerprint density at radius 2 is 1.96 bits per heavy atom. The van der Waals surface area contributed by atoms with E-state index in [1.165, 1.54) is 12.1 Å². The van der Waals surface area contributed by atoms with Gasteiger partial charge in [-0.15, -0.1) is 0 Å². The number of rotatable bonds is 1. The van der Waals surface area contributed by atoms with Gasteiger partial charge in [0.1, 0.15) is 11.5 Å². The molecule has 1 aromatic carbocycles. The van der Waals surface area contributed by atoms with Gasteiger partial charge in [-0.25, -0.2) is 14.2 Å². The van der Waals surface area contributed by atoms with Crippen molar-refractivity contribution in [1.82, 2.24) is 14.4 Å². The number of fused-ring (bicyclic) bond motifs is 2. The lowest BCUT2D eigenvalue weighted by atomic mass is 10.1. The van der Waals surface area contributed by atoms with E-state index in [1.807, 2.05) is 24.4 Å². The Morgan fingerprint density at radius 1 is 1.13 bits per heavy atom. The number of hydrogen-bond acceptors (Lipinski definition) is 4. The monoisotopic (exact) mass is 309 g/mol. The minimum Gasteiger partial charge on any atom is -0.421 e. The number of imidazole rings is 1. The maximum absolute atomic E-state index is 13.3. The first kappa shape index (κ1) is 13.6. The molecule has 5 nitrogen and oxygen atoms in total. The second-order valence-electron chi connectivity index (χ2n) is 5.45. The molecule has 0 aliphatic carbocycles. The first-order valence-electron chi connectivity index (χ1n) is 7.08. The van der Waals surface area contributed by atoms with Crippen molar-refractivity contribution in [3.63, 3.8) is 0 Å². The summed E-state index contributed by atoms with van der Waals surface area (Å²) in [7, 11) is 0. The lowest BCUT2D eigenvalue weighted by molar-refractivity contribution is 0.532. The number of hydrogen-bond donors (Lipinski definition) is 0. The Bertz CT molecular complexity index is 1130. The summed E-state index contributed by atoms with van der Waals surface area (Å²) < 4.78 is 20.4. The topological polar surface area (TPSA) is 60.4 Å². The maximum Gasteiger partial charge on any atom is 0.344 e. The van der Waals surface area contributed by atoms with E-state index < -0.39 is 11.4 Å². The standard InChI is InChI=1S/C17H12FN3O2/c1-9-7-21-8-14(20-16(21)10(2)19-9)15-5-11-3-4-12(18)6-13(11)17(22)23-15/h3-8H,1-2H3. The Morgan fingerprint density at radius 3 is 2.78 bits per heavy atom. The van der Waals surface area contributed by atoms with Crippen LogP contribution in [-0.4, -0.2) is 14.4 Å². The minimum atomic E-state index is -0.583. The zero-order valence-electron chi connectivity index (χ0n) is 12.5. The lowest BCUT2D eigenvalue weighted by Gasteiger charge is -1.99. The van der Waals surface area contributed by atoms with Crippen molar-refractivity contribution in [2.45, 2.75) is 13.8 Å². The van der Waals surface area contributed by atoms with Crippen LogP contribution in [0.3, 0.4) is 0 Å². The van der Waals surface area contributed by atoms with Crippen LogP contribution < -0.4 is 5.63 Å². The molecule has 0 radical (unpaired) electrons. The average molecular weight is 309 g/mol. The Balaban J connectivity index is 1.97.